The van der Waals surface area contributed by atoms with Crippen molar-refractivity contribution in [1.29, 1.82) is 5.26 Å². The van der Waals surface area contributed by atoms with Gasteiger partial charge in [-0.3, -0.25) is 0 Å². The summed E-state index contributed by atoms with van der Waals surface area (Å²) in [6.07, 6.45) is 8.38. The Hall–Kier alpha value is -1.49. The van der Waals surface area contributed by atoms with Crippen molar-refractivity contribution < 1.29 is 5.11 Å². The van der Waals surface area contributed by atoms with E-state index < -0.39 is 0 Å². The van der Waals surface area contributed by atoms with Crippen molar-refractivity contribution in [2.75, 3.05) is 0 Å². The van der Waals surface area contributed by atoms with E-state index in [4.69, 9.17) is 5.26 Å². The molecule has 4 bridgehead atoms. The van der Waals surface area contributed by atoms with E-state index in [-0.39, 0.29) is 5.75 Å². The molecule has 0 atom stereocenters. The summed E-state index contributed by atoms with van der Waals surface area (Å²) in [5, 5.41) is 18.7. The molecule has 0 amide bonds. The number of aromatic hydroxyl groups is 1. The van der Waals surface area contributed by atoms with Crippen LogP contribution in [-0.4, -0.2) is 5.11 Å². The molecule has 4 aliphatic rings. The summed E-state index contributed by atoms with van der Waals surface area (Å²) in [5.74, 6) is 4.81. The lowest BCUT2D eigenvalue weighted by molar-refractivity contribution is -0.0360. The van der Waals surface area contributed by atoms with Crippen LogP contribution in [0.15, 0.2) is 18.2 Å². The van der Waals surface area contributed by atoms with Crippen molar-refractivity contribution >= 4 is 0 Å². The highest BCUT2D eigenvalue weighted by atomic mass is 16.3. The van der Waals surface area contributed by atoms with E-state index in [9.17, 15) is 5.11 Å². The Morgan fingerprint density at radius 2 is 1.70 bits per heavy atom. The lowest BCUT2D eigenvalue weighted by atomic mass is 9.51. The smallest absolute Gasteiger partial charge is 0.133 e. The van der Waals surface area contributed by atoms with Crippen LogP contribution in [0.1, 0.15) is 43.2 Å². The molecule has 5 rings (SSSR count). The molecule has 0 saturated heterocycles. The third-order valence-electron chi connectivity index (χ3n) is 6.07. The second-order valence-corrected chi connectivity index (χ2v) is 7.26. The molecule has 4 fully saturated rings. The zero-order valence-electron chi connectivity index (χ0n) is 11.8. The normalized spacial score (nSPS) is 37.9. The van der Waals surface area contributed by atoms with Crippen LogP contribution in [0.2, 0.25) is 0 Å². The summed E-state index contributed by atoms with van der Waals surface area (Å²) in [6.45, 7) is 0. The average molecular weight is 267 g/mol. The van der Waals surface area contributed by atoms with Crippen LogP contribution in [0.3, 0.4) is 0 Å². The molecule has 20 heavy (non-hydrogen) atoms. The lowest BCUT2D eigenvalue weighted by Crippen LogP contribution is -2.45. The summed E-state index contributed by atoms with van der Waals surface area (Å²) in [7, 11) is 0. The molecule has 0 aromatic heterocycles. The Morgan fingerprint density at radius 3 is 2.30 bits per heavy atom. The van der Waals surface area contributed by atoms with Crippen LogP contribution < -0.4 is 0 Å². The maximum Gasteiger partial charge on any atom is 0.133 e. The summed E-state index contributed by atoms with van der Waals surface area (Å²) in [6, 6.07) is 7.66. The molecule has 2 heteroatoms. The van der Waals surface area contributed by atoms with Gasteiger partial charge < -0.3 is 5.11 Å². The van der Waals surface area contributed by atoms with Crippen molar-refractivity contribution in [2.24, 2.45) is 29.6 Å². The van der Waals surface area contributed by atoms with E-state index in [0.717, 1.165) is 36.0 Å². The summed E-state index contributed by atoms with van der Waals surface area (Å²) in [5.41, 5.74) is 1.66. The molecule has 0 spiro atoms. The van der Waals surface area contributed by atoms with Gasteiger partial charge >= 0.3 is 0 Å². The average Bonchev–Trinajstić information content (AvgIpc) is 2.44. The standard InChI is InChI=1S/C18H21NO/c19-10-16-4-11(1-2-18(16)20)9-17-14-5-12-3-13(7-14)8-15(17)6-12/h1-2,4,12-15,17,20H,3,5-9H2. The van der Waals surface area contributed by atoms with Gasteiger partial charge in [-0.15, -0.1) is 0 Å². The topological polar surface area (TPSA) is 44.0 Å². The molecule has 0 unspecified atom stereocenters. The molecule has 0 aliphatic heterocycles. The van der Waals surface area contributed by atoms with E-state index in [1.54, 1.807) is 6.07 Å². The highest BCUT2D eigenvalue weighted by molar-refractivity contribution is 5.44. The maximum atomic E-state index is 9.62. The number of phenolic OH excluding ortho intramolecular Hbond substituents is 1. The van der Waals surface area contributed by atoms with E-state index in [1.807, 2.05) is 12.1 Å². The fraction of sp³-hybridized carbons (Fsp3) is 0.611. The van der Waals surface area contributed by atoms with Crippen LogP contribution in [0.4, 0.5) is 0 Å². The molecule has 1 aromatic carbocycles. The molecule has 0 heterocycles. The van der Waals surface area contributed by atoms with Gasteiger partial charge in [0, 0.05) is 0 Å². The Bertz CT molecular complexity index is 543. The van der Waals surface area contributed by atoms with Gasteiger partial charge in [0.05, 0.1) is 5.56 Å². The van der Waals surface area contributed by atoms with Crippen molar-refractivity contribution in [3.8, 4) is 11.8 Å². The van der Waals surface area contributed by atoms with Crippen LogP contribution in [0.5, 0.6) is 5.75 Å². The summed E-state index contributed by atoms with van der Waals surface area (Å²) < 4.78 is 0. The second kappa shape index (κ2) is 4.52. The molecule has 1 aromatic rings. The number of hydrogen-bond donors (Lipinski definition) is 1. The van der Waals surface area contributed by atoms with Gasteiger partial charge in [-0.2, -0.15) is 5.26 Å². The quantitative estimate of drug-likeness (QED) is 0.883. The van der Waals surface area contributed by atoms with Crippen molar-refractivity contribution in [3.05, 3.63) is 29.3 Å². The third-order valence-corrected chi connectivity index (χ3v) is 6.07. The van der Waals surface area contributed by atoms with Crippen LogP contribution in [0, 0.1) is 40.9 Å². The van der Waals surface area contributed by atoms with Crippen LogP contribution in [-0.2, 0) is 6.42 Å². The second-order valence-electron chi connectivity index (χ2n) is 7.26. The first-order valence-electron chi connectivity index (χ1n) is 7.95. The third kappa shape index (κ3) is 1.92. The van der Waals surface area contributed by atoms with Gasteiger partial charge in [-0.1, -0.05) is 6.07 Å². The minimum Gasteiger partial charge on any atom is -0.507 e. The van der Waals surface area contributed by atoms with Crippen LogP contribution in [0.25, 0.3) is 0 Å². The zero-order valence-corrected chi connectivity index (χ0v) is 11.8. The largest absolute Gasteiger partial charge is 0.507 e. The van der Waals surface area contributed by atoms with Gasteiger partial charge in [0.15, 0.2) is 0 Å². The van der Waals surface area contributed by atoms with Crippen molar-refractivity contribution in [2.45, 2.75) is 38.5 Å². The molecule has 0 radical (unpaired) electrons. The first-order chi connectivity index (χ1) is 9.72. The number of nitriles is 1. The Morgan fingerprint density at radius 1 is 1.05 bits per heavy atom. The van der Waals surface area contributed by atoms with E-state index in [2.05, 4.69) is 6.07 Å². The lowest BCUT2D eigenvalue weighted by Gasteiger charge is -2.54. The van der Waals surface area contributed by atoms with Crippen molar-refractivity contribution in [1.82, 2.24) is 0 Å². The predicted molar refractivity (Wildman–Crippen MR) is 77.1 cm³/mol. The number of benzene rings is 1. The summed E-state index contributed by atoms with van der Waals surface area (Å²) >= 11 is 0. The molecular weight excluding hydrogens is 246 g/mol. The first-order valence-corrected chi connectivity index (χ1v) is 7.95. The SMILES string of the molecule is N#Cc1cc(CC2C3CC4CC(C3)CC2C4)ccc1O. The highest BCUT2D eigenvalue weighted by Gasteiger charge is 2.47. The number of nitrogens with zero attached hydrogens (tertiary/aromatic N) is 1. The van der Waals surface area contributed by atoms with Crippen molar-refractivity contribution in [3.63, 3.8) is 0 Å². The summed E-state index contributed by atoms with van der Waals surface area (Å²) in [4.78, 5) is 0. The first kappa shape index (κ1) is 12.3. The minimum absolute atomic E-state index is 0.112. The Kier molecular flexibility index (Phi) is 2.77. The van der Waals surface area contributed by atoms with E-state index >= 15 is 0 Å². The molecule has 104 valence electrons. The van der Waals surface area contributed by atoms with E-state index in [0.29, 0.717) is 5.56 Å². The monoisotopic (exact) mass is 267 g/mol. The molecular formula is C18H21NO. The Balaban J connectivity index is 1.56. The number of phenols is 1. The predicted octanol–water partition coefficient (Wildman–Crippen LogP) is 3.88. The molecule has 2 nitrogen and oxygen atoms in total. The molecule has 4 aliphatic carbocycles. The van der Waals surface area contributed by atoms with Gasteiger partial charge in [0.1, 0.15) is 11.8 Å². The fourth-order valence-electron chi connectivity index (χ4n) is 5.44. The molecule has 1 N–H and O–H groups in total. The molecule has 4 saturated carbocycles. The van der Waals surface area contributed by atoms with Gasteiger partial charge in [0.2, 0.25) is 0 Å². The van der Waals surface area contributed by atoms with Crippen LogP contribution >= 0.6 is 0 Å². The van der Waals surface area contributed by atoms with Gasteiger partial charge in [-0.05, 0) is 85.8 Å². The zero-order chi connectivity index (χ0) is 13.7. The van der Waals surface area contributed by atoms with Gasteiger partial charge in [0.25, 0.3) is 0 Å². The van der Waals surface area contributed by atoms with E-state index in [1.165, 1.54) is 37.7 Å². The highest BCUT2D eigenvalue weighted by Crippen LogP contribution is 2.57. The maximum absolute atomic E-state index is 9.62. The minimum atomic E-state index is 0.112. The fourth-order valence-corrected chi connectivity index (χ4v) is 5.44. The number of rotatable bonds is 2. The Labute approximate surface area is 120 Å². The van der Waals surface area contributed by atoms with Gasteiger partial charge in [-0.25, -0.2) is 0 Å². The number of hydrogen-bond acceptors (Lipinski definition) is 2.